The van der Waals surface area contributed by atoms with Crippen molar-refractivity contribution in [2.45, 2.75) is 97.6 Å². The van der Waals surface area contributed by atoms with Crippen LogP contribution in [0.25, 0.3) is 0 Å². The van der Waals surface area contributed by atoms with Crippen molar-refractivity contribution in [3.05, 3.63) is 39.7 Å². The smallest absolute Gasteiger partial charge is 0.155 e. The van der Waals surface area contributed by atoms with Crippen LogP contribution in [0.4, 0.5) is 0 Å². The van der Waals surface area contributed by atoms with Gasteiger partial charge in [0, 0.05) is 18.3 Å². The van der Waals surface area contributed by atoms with Crippen LogP contribution >= 0.6 is 0 Å². The van der Waals surface area contributed by atoms with Gasteiger partial charge in [0.25, 0.3) is 0 Å². The number of hydroxylamine groups is 2. The molecule has 4 unspecified atom stereocenters. The monoisotopic (exact) mass is 424 g/mol. The number of hydrogen-bond acceptors (Lipinski definition) is 5. The average molecular weight is 425 g/mol. The van der Waals surface area contributed by atoms with Crippen LogP contribution in [0.15, 0.2) is 34.4 Å². The Bertz CT molecular complexity index is 945. The highest BCUT2D eigenvalue weighted by Gasteiger charge is 2.65. The van der Waals surface area contributed by atoms with Crippen molar-refractivity contribution in [1.29, 1.82) is 0 Å². The Kier molecular flexibility index (Phi) is 4.79. The quantitative estimate of drug-likeness (QED) is 0.568. The first-order valence-electron chi connectivity index (χ1n) is 12.0. The van der Waals surface area contributed by atoms with Gasteiger partial charge >= 0.3 is 0 Å². The minimum Gasteiger partial charge on any atom is -0.762 e. The summed E-state index contributed by atoms with van der Waals surface area (Å²) in [5.41, 5.74) is 3.86. The van der Waals surface area contributed by atoms with Crippen LogP contribution in [0.3, 0.4) is 0 Å². The molecule has 5 heteroatoms. The number of allylic oxidation sites excluding steroid dienone is 3. The van der Waals surface area contributed by atoms with Crippen molar-refractivity contribution in [1.82, 2.24) is 5.23 Å². The van der Waals surface area contributed by atoms with Crippen molar-refractivity contribution < 1.29 is 14.4 Å². The Morgan fingerprint density at radius 3 is 2.71 bits per heavy atom. The van der Waals surface area contributed by atoms with Gasteiger partial charge in [0.15, 0.2) is 5.78 Å². The Labute approximate surface area is 185 Å². The molecule has 0 radical (unpaired) electrons. The van der Waals surface area contributed by atoms with E-state index in [-0.39, 0.29) is 22.7 Å². The molecule has 0 heterocycles. The number of hydrogen-bond donors (Lipinski definition) is 0. The zero-order chi connectivity index (χ0) is 22.2. The van der Waals surface area contributed by atoms with Gasteiger partial charge in [0.1, 0.15) is 5.78 Å². The Hall–Kier alpha value is -1.56. The second-order valence-electron chi connectivity index (χ2n) is 10.9. The van der Waals surface area contributed by atoms with Crippen molar-refractivity contribution in [2.24, 2.45) is 16.2 Å². The van der Waals surface area contributed by atoms with Gasteiger partial charge in [-0.05, 0) is 74.5 Å². The van der Waals surface area contributed by atoms with Crippen LogP contribution in [0.1, 0.15) is 85.5 Å². The molecule has 0 aromatic carbocycles. The third kappa shape index (κ3) is 2.72. The largest absolute Gasteiger partial charge is 0.762 e. The zero-order valence-corrected chi connectivity index (χ0v) is 19.3. The predicted molar refractivity (Wildman–Crippen MR) is 119 cm³/mol. The first-order valence-corrected chi connectivity index (χ1v) is 12.0. The summed E-state index contributed by atoms with van der Waals surface area (Å²) >= 11 is 0. The fourth-order valence-corrected chi connectivity index (χ4v) is 7.29. The molecule has 31 heavy (non-hydrogen) atoms. The molecule has 168 valence electrons. The molecule has 0 saturated heterocycles. The highest BCUT2D eigenvalue weighted by molar-refractivity contribution is 5.95. The van der Waals surface area contributed by atoms with E-state index >= 15 is 0 Å². The fourth-order valence-electron chi connectivity index (χ4n) is 7.29. The molecule has 0 bridgehead atoms. The Morgan fingerprint density at radius 1 is 1.19 bits per heavy atom. The van der Waals surface area contributed by atoms with Crippen LogP contribution in [-0.4, -0.2) is 28.9 Å². The minimum atomic E-state index is -0.492. The van der Waals surface area contributed by atoms with Gasteiger partial charge in [-0.25, -0.2) is 0 Å². The van der Waals surface area contributed by atoms with E-state index < -0.39 is 11.5 Å². The van der Waals surface area contributed by atoms with E-state index in [1.807, 2.05) is 13.8 Å². The Morgan fingerprint density at radius 2 is 1.97 bits per heavy atom. The maximum absolute atomic E-state index is 13.4. The van der Waals surface area contributed by atoms with E-state index in [9.17, 15) is 14.8 Å². The third-order valence-electron chi connectivity index (χ3n) is 9.43. The highest BCUT2D eigenvalue weighted by atomic mass is 16.9. The lowest BCUT2D eigenvalue weighted by atomic mass is 9.51. The molecule has 5 atom stereocenters. The molecule has 0 amide bonds. The standard InChI is InChI=1S/C26H34NO4/c1-5-16(2)31-27(30)21-15-17-14-18(28)6-12-25(17,4)19-8-13-26-20(23(19)21)7-10-24(26,3)11-9-22(26)29/h7,14,16,21H,5-6,8-13,15H2,1-4H3/q-1/t16?,21?,24?,25?,26-/m1/s1. The van der Waals surface area contributed by atoms with Gasteiger partial charge in [0.2, 0.25) is 0 Å². The topological polar surface area (TPSA) is 69.7 Å². The van der Waals surface area contributed by atoms with E-state index in [0.717, 1.165) is 60.5 Å². The van der Waals surface area contributed by atoms with Crippen LogP contribution in [0.5, 0.6) is 0 Å². The van der Waals surface area contributed by atoms with Crippen molar-refractivity contribution >= 4 is 11.6 Å². The molecular weight excluding hydrogens is 390 g/mol. The second kappa shape index (κ2) is 6.97. The summed E-state index contributed by atoms with van der Waals surface area (Å²) < 4.78 is 0. The molecule has 5 rings (SSSR count). The second-order valence-corrected chi connectivity index (χ2v) is 10.9. The molecule has 1 saturated carbocycles. The average Bonchev–Trinajstić information content (AvgIpc) is 3.18. The van der Waals surface area contributed by atoms with E-state index in [2.05, 4.69) is 19.9 Å². The van der Waals surface area contributed by atoms with Crippen molar-refractivity contribution in [3.63, 3.8) is 0 Å². The SMILES string of the molecule is CCC(C)ON([O-])C1CC2=CC(=O)CCC2(C)C2=C1C1=CCC3(C)CCC(=O)[C@@]13CC2. The maximum Gasteiger partial charge on any atom is 0.155 e. The first-order chi connectivity index (χ1) is 14.7. The summed E-state index contributed by atoms with van der Waals surface area (Å²) in [6.45, 7) is 8.42. The lowest BCUT2D eigenvalue weighted by molar-refractivity contribution is -0.178. The third-order valence-corrected chi connectivity index (χ3v) is 9.43. The first kappa shape index (κ1) is 21.3. The van der Waals surface area contributed by atoms with E-state index in [4.69, 9.17) is 4.84 Å². The van der Waals surface area contributed by atoms with Gasteiger partial charge in [-0.2, -0.15) is 0 Å². The van der Waals surface area contributed by atoms with Gasteiger partial charge in [-0.3, -0.25) is 14.8 Å². The number of Topliss-reactive ketones (excluding diaryl/α,β-unsaturated/α-hetero) is 1. The maximum atomic E-state index is 13.4. The lowest BCUT2D eigenvalue weighted by Crippen LogP contribution is -2.50. The summed E-state index contributed by atoms with van der Waals surface area (Å²) in [7, 11) is 0. The summed E-state index contributed by atoms with van der Waals surface area (Å²) in [6.07, 6.45) is 10.6. The van der Waals surface area contributed by atoms with Gasteiger partial charge in [0.05, 0.1) is 17.6 Å². The Balaban J connectivity index is 1.67. The number of rotatable bonds is 4. The van der Waals surface area contributed by atoms with Gasteiger partial charge < -0.3 is 10.0 Å². The minimum absolute atomic E-state index is 0.0344. The molecule has 5 aliphatic carbocycles. The van der Waals surface area contributed by atoms with Gasteiger partial charge in [-0.15, -0.1) is 0 Å². The normalized spacial score (nSPS) is 40.3. The summed E-state index contributed by atoms with van der Waals surface area (Å²) in [6, 6.07) is -0.492. The number of fused-ring (bicyclic) bond motifs is 3. The number of ketones is 2. The van der Waals surface area contributed by atoms with Crippen LogP contribution in [-0.2, 0) is 14.4 Å². The number of nitrogens with zero attached hydrogens (tertiary/aromatic N) is 1. The predicted octanol–water partition coefficient (Wildman–Crippen LogP) is 5.36. The number of carbonyl (C=O) groups is 2. The summed E-state index contributed by atoms with van der Waals surface area (Å²) in [5, 5.41) is 14.1. The summed E-state index contributed by atoms with van der Waals surface area (Å²) in [5.74, 6) is 0.510. The summed E-state index contributed by atoms with van der Waals surface area (Å²) in [4.78, 5) is 31.4. The van der Waals surface area contributed by atoms with E-state index in [0.29, 0.717) is 25.0 Å². The molecule has 1 fully saturated rings. The van der Waals surface area contributed by atoms with Crippen LogP contribution < -0.4 is 0 Å². The molecule has 0 aromatic heterocycles. The molecule has 0 aliphatic heterocycles. The molecular formula is C26H34NO4-. The van der Waals surface area contributed by atoms with Crippen LogP contribution in [0.2, 0.25) is 0 Å². The van der Waals surface area contributed by atoms with E-state index in [1.54, 1.807) is 6.08 Å². The number of carbonyl (C=O) groups excluding carboxylic acids is 2. The van der Waals surface area contributed by atoms with Crippen molar-refractivity contribution in [3.8, 4) is 0 Å². The molecule has 5 nitrogen and oxygen atoms in total. The zero-order valence-electron chi connectivity index (χ0n) is 19.3. The van der Waals surface area contributed by atoms with Crippen LogP contribution in [0, 0.1) is 21.5 Å². The lowest BCUT2D eigenvalue weighted by Gasteiger charge is -2.55. The van der Waals surface area contributed by atoms with Crippen molar-refractivity contribution in [2.75, 3.05) is 0 Å². The highest BCUT2D eigenvalue weighted by Crippen LogP contribution is 2.70. The molecule has 0 aromatic rings. The molecule has 0 N–H and O–H groups in total. The molecule has 5 aliphatic rings. The molecule has 1 spiro atoms. The van der Waals surface area contributed by atoms with E-state index in [1.165, 1.54) is 5.57 Å². The fraction of sp³-hybridized carbons (Fsp3) is 0.692. The van der Waals surface area contributed by atoms with Gasteiger partial charge in [-0.1, -0.05) is 38.0 Å².